The molecular weight excluding hydrogens is 503 g/mol. The highest BCUT2D eigenvalue weighted by molar-refractivity contribution is 6.06. The SMILES string of the molecule is CC(C)CNC(=O)c1cc(NC(=O)c2cccc(C(F)(F)F)c2)ccc1N1CCC(Cc2ccccc2)CC1. The molecular formula is C31H34F3N3O2. The first-order chi connectivity index (χ1) is 18.6. The number of carbonyl (C=O) groups excluding carboxylic acids is 2. The number of amides is 2. The summed E-state index contributed by atoms with van der Waals surface area (Å²) >= 11 is 0. The smallest absolute Gasteiger partial charge is 0.371 e. The van der Waals surface area contributed by atoms with Gasteiger partial charge in [-0.3, -0.25) is 9.59 Å². The fourth-order valence-electron chi connectivity index (χ4n) is 4.83. The summed E-state index contributed by atoms with van der Waals surface area (Å²) in [4.78, 5) is 28.2. The standard InChI is InChI=1S/C31H34F3N3O2/c1-21(2)20-35-30(39)27-19-26(36-29(38)24-9-6-10-25(18-24)31(32,33)34)11-12-28(27)37-15-13-23(14-16-37)17-22-7-4-3-5-8-22/h3-12,18-19,21,23H,13-17,20H2,1-2H3,(H,35,39)(H,36,38). The summed E-state index contributed by atoms with van der Waals surface area (Å²) in [5.41, 5.74) is 1.88. The van der Waals surface area contributed by atoms with Crippen molar-refractivity contribution in [1.82, 2.24) is 5.32 Å². The Morgan fingerprint density at radius 2 is 1.64 bits per heavy atom. The van der Waals surface area contributed by atoms with Crippen LogP contribution in [0.15, 0.2) is 72.8 Å². The lowest BCUT2D eigenvalue weighted by atomic mass is 9.89. The highest BCUT2D eigenvalue weighted by Gasteiger charge is 2.31. The molecule has 206 valence electrons. The van der Waals surface area contributed by atoms with E-state index in [1.165, 1.54) is 17.7 Å². The minimum atomic E-state index is -4.55. The lowest BCUT2D eigenvalue weighted by molar-refractivity contribution is -0.137. The van der Waals surface area contributed by atoms with Gasteiger partial charge in [-0.25, -0.2) is 0 Å². The first kappa shape index (κ1) is 28.2. The van der Waals surface area contributed by atoms with Gasteiger partial charge in [-0.2, -0.15) is 13.2 Å². The largest absolute Gasteiger partial charge is 0.416 e. The fourth-order valence-corrected chi connectivity index (χ4v) is 4.83. The zero-order chi connectivity index (χ0) is 28.0. The van der Waals surface area contributed by atoms with Crippen LogP contribution in [-0.4, -0.2) is 31.4 Å². The van der Waals surface area contributed by atoms with Crippen LogP contribution in [0, 0.1) is 11.8 Å². The Bertz CT molecular complexity index is 1280. The average molecular weight is 538 g/mol. The molecule has 2 amide bonds. The predicted molar refractivity (Wildman–Crippen MR) is 148 cm³/mol. The van der Waals surface area contributed by atoms with Gasteiger partial charge in [-0.15, -0.1) is 0 Å². The minimum Gasteiger partial charge on any atom is -0.371 e. The summed E-state index contributed by atoms with van der Waals surface area (Å²) < 4.78 is 39.3. The molecule has 1 fully saturated rings. The van der Waals surface area contributed by atoms with Crippen LogP contribution in [0.25, 0.3) is 0 Å². The van der Waals surface area contributed by atoms with Crippen molar-refractivity contribution in [2.75, 3.05) is 29.9 Å². The number of alkyl halides is 3. The molecule has 8 heteroatoms. The molecule has 0 aromatic heterocycles. The van der Waals surface area contributed by atoms with Gasteiger partial charge >= 0.3 is 6.18 Å². The first-order valence-electron chi connectivity index (χ1n) is 13.3. The van der Waals surface area contributed by atoms with Crippen molar-refractivity contribution in [2.45, 2.75) is 39.3 Å². The van der Waals surface area contributed by atoms with Crippen molar-refractivity contribution in [3.05, 3.63) is 95.1 Å². The van der Waals surface area contributed by atoms with E-state index in [0.29, 0.717) is 23.7 Å². The highest BCUT2D eigenvalue weighted by atomic mass is 19.4. The Labute approximate surface area is 227 Å². The van der Waals surface area contributed by atoms with Crippen LogP contribution in [0.3, 0.4) is 0 Å². The van der Waals surface area contributed by atoms with Gasteiger partial charge in [-0.05, 0) is 73.1 Å². The summed E-state index contributed by atoms with van der Waals surface area (Å²) in [6.45, 7) is 6.11. The van der Waals surface area contributed by atoms with E-state index < -0.39 is 17.6 Å². The van der Waals surface area contributed by atoms with Gasteiger partial charge < -0.3 is 15.5 Å². The summed E-state index contributed by atoms with van der Waals surface area (Å²) in [6.07, 6.45) is -1.53. The van der Waals surface area contributed by atoms with Gasteiger partial charge in [0.2, 0.25) is 0 Å². The van der Waals surface area contributed by atoms with E-state index in [9.17, 15) is 22.8 Å². The topological polar surface area (TPSA) is 61.4 Å². The summed E-state index contributed by atoms with van der Waals surface area (Å²) in [7, 11) is 0. The number of hydrogen-bond donors (Lipinski definition) is 2. The van der Waals surface area contributed by atoms with Crippen LogP contribution in [0.5, 0.6) is 0 Å². The molecule has 0 radical (unpaired) electrons. The molecule has 1 saturated heterocycles. The lowest BCUT2D eigenvalue weighted by Crippen LogP contribution is -2.36. The fraction of sp³-hybridized carbons (Fsp3) is 0.355. The van der Waals surface area contributed by atoms with Crippen molar-refractivity contribution < 1.29 is 22.8 Å². The maximum Gasteiger partial charge on any atom is 0.416 e. The number of halogens is 3. The third kappa shape index (κ3) is 7.62. The van der Waals surface area contributed by atoms with Gasteiger partial charge in [0, 0.05) is 36.6 Å². The van der Waals surface area contributed by atoms with Gasteiger partial charge in [-0.1, -0.05) is 50.2 Å². The van der Waals surface area contributed by atoms with Crippen molar-refractivity contribution >= 4 is 23.2 Å². The third-order valence-electron chi connectivity index (χ3n) is 6.94. The summed E-state index contributed by atoms with van der Waals surface area (Å²) in [5, 5.41) is 5.61. The second-order valence-electron chi connectivity index (χ2n) is 10.5. The Kier molecular flexibility index (Phi) is 8.94. The highest BCUT2D eigenvalue weighted by Crippen LogP contribution is 2.32. The molecule has 4 rings (SSSR count). The molecule has 2 N–H and O–H groups in total. The molecule has 3 aromatic rings. The maximum absolute atomic E-state index is 13.2. The number of anilines is 2. The zero-order valence-corrected chi connectivity index (χ0v) is 22.2. The molecule has 1 heterocycles. The quantitative estimate of drug-likeness (QED) is 0.332. The Balaban J connectivity index is 1.51. The van der Waals surface area contributed by atoms with Crippen molar-refractivity contribution in [2.24, 2.45) is 11.8 Å². The Morgan fingerprint density at radius 1 is 0.923 bits per heavy atom. The molecule has 0 unspecified atom stereocenters. The van der Waals surface area contributed by atoms with Crippen LogP contribution in [0.1, 0.15) is 58.5 Å². The average Bonchev–Trinajstić information content (AvgIpc) is 2.92. The van der Waals surface area contributed by atoms with Crippen LogP contribution in [-0.2, 0) is 12.6 Å². The lowest BCUT2D eigenvalue weighted by Gasteiger charge is -2.35. The Hall–Kier alpha value is -3.81. The van der Waals surface area contributed by atoms with Gasteiger partial charge in [0.1, 0.15) is 0 Å². The van der Waals surface area contributed by atoms with Gasteiger partial charge in [0.25, 0.3) is 11.8 Å². The molecule has 1 aliphatic rings. The van der Waals surface area contributed by atoms with Crippen molar-refractivity contribution in [3.8, 4) is 0 Å². The number of hydrogen-bond acceptors (Lipinski definition) is 3. The number of piperidine rings is 1. The number of benzene rings is 3. The van der Waals surface area contributed by atoms with Gasteiger partial charge in [0.15, 0.2) is 0 Å². The molecule has 5 nitrogen and oxygen atoms in total. The molecule has 1 aliphatic heterocycles. The van der Waals surface area contributed by atoms with Crippen LogP contribution >= 0.6 is 0 Å². The number of nitrogens with one attached hydrogen (secondary N) is 2. The van der Waals surface area contributed by atoms with Crippen LogP contribution in [0.4, 0.5) is 24.5 Å². The third-order valence-corrected chi connectivity index (χ3v) is 6.94. The molecule has 39 heavy (non-hydrogen) atoms. The normalized spacial score (nSPS) is 14.4. The van der Waals surface area contributed by atoms with E-state index in [0.717, 1.165) is 50.2 Å². The van der Waals surface area contributed by atoms with E-state index in [4.69, 9.17) is 0 Å². The van der Waals surface area contributed by atoms with E-state index in [-0.39, 0.29) is 17.4 Å². The molecule has 0 saturated carbocycles. The predicted octanol–water partition coefficient (Wildman–Crippen LogP) is 6.80. The van der Waals surface area contributed by atoms with E-state index >= 15 is 0 Å². The maximum atomic E-state index is 13.2. The molecule has 0 aliphatic carbocycles. The molecule has 3 aromatic carbocycles. The van der Waals surface area contributed by atoms with Crippen molar-refractivity contribution in [3.63, 3.8) is 0 Å². The van der Waals surface area contributed by atoms with Crippen molar-refractivity contribution in [1.29, 1.82) is 0 Å². The van der Waals surface area contributed by atoms with Crippen LogP contribution in [0.2, 0.25) is 0 Å². The van der Waals surface area contributed by atoms with E-state index in [1.54, 1.807) is 12.1 Å². The minimum absolute atomic E-state index is 0.111. The molecule has 0 atom stereocenters. The number of rotatable bonds is 8. The van der Waals surface area contributed by atoms with Crippen LogP contribution < -0.4 is 15.5 Å². The van der Waals surface area contributed by atoms with E-state index in [1.807, 2.05) is 26.0 Å². The first-order valence-corrected chi connectivity index (χ1v) is 13.3. The number of carbonyl (C=O) groups is 2. The zero-order valence-electron chi connectivity index (χ0n) is 22.2. The summed E-state index contributed by atoms with van der Waals surface area (Å²) in [5.74, 6) is -0.104. The monoisotopic (exact) mass is 537 g/mol. The van der Waals surface area contributed by atoms with E-state index in [2.05, 4.69) is 39.8 Å². The van der Waals surface area contributed by atoms with Gasteiger partial charge in [0.05, 0.1) is 11.1 Å². The molecule has 0 bridgehead atoms. The molecule has 0 spiro atoms. The second-order valence-corrected chi connectivity index (χ2v) is 10.5. The summed E-state index contributed by atoms with van der Waals surface area (Å²) in [6, 6.07) is 19.8. The number of nitrogens with zero attached hydrogens (tertiary/aromatic N) is 1. The Morgan fingerprint density at radius 3 is 2.31 bits per heavy atom. The second kappa shape index (κ2) is 12.4.